The van der Waals surface area contributed by atoms with Crippen LogP contribution in [0, 0.1) is 0 Å². The molecule has 2 aromatic carbocycles. The maximum absolute atomic E-state index is 3.44. The first kappa shape index (κ1) is 9.60. The average molecular weight is 277 g/mol. The summed E-state index contributed by atoms with van der Waals surface area (Å²) in [4.78, 5) is 0. The van der Waals surface area contributed by atoms with E-state index < -0.39 is 5.51 Å². The van der Waals surface area contributed by atoms with Crippen molar-refractivity contribution in [3.63, 3.8) is 0 Å². The van der Waals surface area contributed by atoms with Gasteiger partial charge in [0.2, 0.25) is 0 Å². The third kappa shape index (κ3) is 1.24. The van der Waals surface area contributed by atoms with Crippen LogP contribution in [0.15, 0.2) is 48.5 Å². The fraction of sp³-hybridized carbons (Fsp3) is 0.0769. The second-order valence-corrected chi connectivity index (χ2v) is 11.4. The molecule has 2 heteroatoms. The zero-order chi connectivity index (χ0) is 10.5. The summed E-state index contributed by atoms with van der Waals surface area (Å²) in [5.41, 5.74) is 1.64. The van der Waals surface area contributed by atoms with E-state index in [-0.39, 0.29) is 0 Å². The molecule has 0 unspecified atom stereocenters. The Hall–Kier alpha value is -0.611. The first-order chi connectivity index (χ1) is 7.21. The quantitative estimate of drug-likeness (QED) is 0.512. The molecule has 1 heterocycles. The zero-order valence-corrected chi connectivity index (χ0v) is 11.1. The number of rotatable bonds is 0. The van der Waals surface area contributed by atoms with Gasteiger partial charge in [0.15, 0.2) is 0 Å². The van der Waals surface area contributed by atoms with E-state index in [0.717, 1.165) is 0 Å². The van der Waals surface area contributed by atoms with Gasteiger partial charge in [0.05, 0.1) is 0 Å². The first-order valence-corrected chi connectivity index (χ1v) is 9.43. The number of benzene rings is 2. The molecule has 0 atom stereocenters. The second-order valence-electron chi connectivity index (χ2n) is 3.96. The van der Waals surface area contributed by atoms with Gasteiger partial charge in [0.1, 0.15) is 0 Å². The standard InChI is InChI=1S/C13H11PSe/c1-14(15)12-8-4-2-6-10(12)11-7-3-5-9-13(11)14/h2-9H,1H3. The summed E-state index contributed by atoms with van der Waals surface area (Å²) in [6.45, 7) is 2.36. The first-order valence-electron chi connectivity index (χ1n) is 4.98. The van der Waals surface area contributed by atoms with Gasteiger partial charge < -0.3 is 0 Å². The predicted molar refractivity (Wildman–Crippen MR) is 69.7 cm³/mol. The Morgan fingerprint density at radius 1 is 0.800 bits per heavy atom. The van der Waals surface area contributed by atoms with E-state index in [2.05, 4.69) is 70.3 Å². The summed E-state index contributed by atoms with van der Waals surface area (Å²) in [5, 5.41) is 3.01. The summed E-state index contributed by atoms with van der Waals surface area (Å²) >= 11 is 3.44. The molecule has 15 heavy (non-hydrogen) atoms. The molecule has 74 valence electrons. The van der Waals surface area contributed by atoms with Crippen molar-refractivity contribution in [3.8, 4) is 11.1 Å². The van der Waals surface area contributed by atoms with Gasteiger partial charge in [-0.15, -0.1) is 0 Å². The Kier molecular flexibility index (Phi) is 2.04. The van der Waals surface area contributed by atoms with Crippen LogP contribution in [0.2, 0.25) is 0 Å². The third-order valence-electron chi connectivity index (χ3n) is 3.02. The summed E-state index contributed by atoms with van der Waals surface area (Å²) in [7, 11) is 0. The fourth-order valence-electron chi connectivity index (χ4n) is 2.28. The van der Waals surface area contributed by atoms with Gasteiger partial charge in [-0.05, 0) is 0 Å². The van der Waals surface area contributed by atoms with Gasteiger partial charge in [0.25, 0.3) is 0 Å². The summed E-state index contributed by atoms with van der Waals surface area (Å²) in [5.74, 6) is 0. The number of hydrogen-bond donors (Lipinski definition) is 0. The molecule has 1 aliphatic rings. The Morgan fingerprint density at radius 3 is 1.67 bits per heavy atom. The summed E-state index contributed by atoms with van der Waals surface area (Å²) in [6, 6.07) is 17.5. The molecule has 0 aliphatic carbocycles. The zero-order valence-electron chi connectivity index (χ0n) is 8.47. The van der Waals surface area contributed by atoms with E-state index in [1.807, 2.05) is 0 Å². The number of hydrogen-bond acceptors (Lipinski definition) is 0. The fourth-order valence-corrected chi connectivity index (χ4v) is 6.59. The Bertz CT molecular complexity index is 537. The van der Waals surface area contributed by atoms with E-state index in [0.29, 0.717) is 0 Å². The van der Waals surface area contributed by atoms with Crippen LogP contribution in [-0.2, 0) is 0 Å². The Balaban J connectivity index is 2.47. The van der Waals surface area contributed by atoms with Crippen molar-refractivity contribution in [2.24, 2.45) is 0 Å². The maximum atomic E-state index is 3.44. The van der Waals surface area contributed by atoms with Crippen molar-refractivity contribution in [3.05, 3.63) is 48.5 Å². The van der Waals surface area contributed by atoms with E-state index in [4.69, 9.17) is 0 Å². The van der Waals surface area contributed by atoms with Crippen molar-refractivity contribution in [1.82, 2.24) is 0 Å². The van der Waals surface area contributed by atoms with Crippen molar-refractivity contribution in [2.45, 2.75) is 0 Å². The molecule has 0 saturated heterocycles. The van der Waals surface area contributed by atoms with E-state index in [9.17, 15) is 0 Å². The predicted octanol–water partition coefficient (Wildman–Crippen LogP) is 2.35. The molecule has 0 fully saturated rings. The van der Waals surface area contributed by atoms with Gasteiger partial charge in [-0.1, -0.05) is 0 Å². The van der Waals surface area contributed by atoms with Gasteiger partial charge in [-0.2, -0.15) is 0 Å². The molecule has 0 N–H and O–H groups in total. The van der Waals surface area contributed by atoms with Crippen molar-refractivity contribution in [2.75, 3.05) is 6.66 Å². The molecule has 2 aromatic rings. The van der Waals surface area contributed by atoms with Gasteiger partial charge in [-0.25, -0.2) is 0 Å². The van der Waals surface area contributed by atoms with Crippen LogP contribution < -0.4 is 10.6 Å². The minimum atomic E-state index is -1.20. The summed E-state index contributed by atoms with van der Waals surface area (Å²) < 4.78 is 0. The Labute approximate surface area is 97.6 Å². The number of fused-ring (bicyclic) bond motifs is 3. The van der Waals surface area contributed by atoms with Crippen LogP contribution in [-0.4, -0.2) is 21.8 Å². The Morgan fingerprint density at radius 2 is 1.20 bits per heavy atom. The average Bonchev–Trinajstić information content (AvgIpc) is 2.51. The summed E-state index contributed by atoms with van der Waals surface area (Å²) in [6.07, 6.45) is 0. The molecule has 0 aromatic heterocycles. The monoisotopic (exact) mass is 278 g/mol. The van der Waals surface area contributed by atoms with E-state index in [1.165, 1.54) is 21.7 Å². The van der Waals surface area contributed by atoms with Crippen molar-refractivity contribution >= 4 is 31.2 Å². The van der Waals surface area contributed by atoms with Gasteiger partial charge >= 0.3 is 97.5 Å². The van der Waals surface area contributed by atoms with Crippen LogP contribution in [0.3, 0.4) is 0 Å². The van der Waals surface area contributed by atoms with Crippen molar-refractivity contribution in [1.29, 1.82) is 0 Å². The van der Waals surface area contributed by atoms with Crippen molar-refractivity contribution < 1.29 is 0 Å². The van der Waals surface area contributed by atoms with Crippen LogP contribution in [0.1, 0.15) is 0 Å². The second kappa shape index (κ2) is 3.19. The van der Waals surface area contributed by atoms with Gasteiger partial charge in [0, 0.05) is 0 Å². The molecule has 0 radical (unpaired) electrons. The molecular formula is C13H11PSe. The SMILES string of the molecule is CP1(=[Se])c2ccccc2-c2ccccc21. The van der Waals surface area contributed by atoms with Gasteiger partial charge in [-0.3, -0.25) is 0 Å². The molecule has 0 amide bonds. The normalized spacial score (nSPS) is 15.8. The van der Waals surface area contributed by atoms with Crippen LogP contribution >= 0.6 is 5.51 Å². The molecule has 0 saturated carbocycles. The molecular weight excluding hydrogens is 266 g/mol. The van der Waals surface area contributed by atoms with Crippen LogP contribution in [0.4, 0.5) is 0 Å². The van der Waals surface area contributed by atoms with Crippen LogP contribution in [0.25, 0.3) is 11.1 Å². The molecule has 1 aliphatic heterocycles. The minimum absolute atomic E-state index is 1.20. The molecule has 0 spiro atoms. The third-order valence-corrected chi connectivity index (χ3v) is 8.11. The van der Waals surface area contributed by atoms with Crippen LogP contribution in [0.5, 0.6) is 0 Å². The molecule has 3 rings (SSSR count). The van der Waals surface area contributed by atoms with E-state index in [1.54, 1.807) is 0 Å². The topological polar surface area (TPSA) is 0 Å². The van der Waals surface area contributed by atoms with E-state index >= 15 is 0 Å². The molecule has 0 nitrogen and oxygen atoms in total. The molecule has 0 bridgehead atoms.